The molecule has 3 nitrogen and oxygen atoms in total. The topological polar surface area (TPSA) is 45.9 Å². The standard InChI is InChI=1S/C9H7BrF2N2O/c1-15-8-5(3-10)2-6(9(11)12)14-7(8)4-13/h2,9H,3H2,1H3. The summed E-state index contributed by atoms with van der Waals surface area (Å²) < 4.78 is 29.7. The van der Waals surface area contributed by atoms with Gasteiger partial charge in [0.2, 0.25) is 0 Å². The van der Waals surface area contributed by atoms with E-state index in [1.54, 1.807) is 6.07 Å². The fourth-order valence-electron chi connectivity index (χ4n) is 1.12. The van der Waals surface area contributed by atoms with E-state index in [1.165, 1.54) is 13.2 Å². The molecule has 0 amide bonds. The van der Waals surface area contributed by atoms with Gasteiger partial charge in [-0.2, -0.15) is 5.26 Å². The van der Waals surface area contributed by atoms with Gasteiger partial charge in [-0.1, -0.05) is 15.9 Å². The Morgan fingerprint density at radius 1 is 1.67 bits per heavy atom. The Kier molecular flexibility index (Phi) is 3.97. The first-order valence-electron chi connectivity index (χ1n) is 3.96. The summed E-state index contributed by atoms with van der Waals surface area (Å²) in [4.78, 5) is 3.51. The number of aromatic nitrogens is 1. The summed E-state index contributed by atoms with van der Waals surface area (Å²) >= 11 is 3.13. The summed E-state index contributed by atoms with van der Waals surface area (Å²) in [7, 11) is 1.37. The second kappa shape index (κ2) is 5.03. The Morgan fingerprint density at radius 3 is 2.73 bits per heavy atom. The lowest BCUT2D eigenvalue weighted by molar-refractivity contribution is 0.145. The average molecular weight is 277 g/mol. The van der Waals surface area contributed by atoms with Crippen molar-refractivity contribution in [2.45, 2.75) is 11.8 Å². The molecule has 80 valence electrons. The lowest BCUT2D eigenvalue weighted by Crippen LogP contribution is -2.01. The van der Waals surface area contributed by atoms with Gasteiger partial charge in [0.25, 0.3) is 6.43 Å². The molecule has 0 bridgehead atoms. The molecule has 0 spiro atoms. The molecular formula is C9H7BrF2N2O. The van der Waals surface area contributed by atoms with E-state index in [1.807, 2.05) is 0 Å². The van der Waals surface area contributed by atoms with Crippen LogP contribution in [0.2, 0.25) is 0 Å². The van der Waals surface area contributed by atoms with Crippen LogP contribution in [0.1, 0.15) is 23.4 Å². The summed E-state index contributed by atoms with van der Waals surface area (Å²) in [5, 5.41) is 9.05. The third-order valence-electron chi connectivity index (χ3n) is 1.75. The van der Waals surface area contributed by atoms with Gasteiger partial charge in [-0.25, -0.2) is 13.8 Å². The molecule has 0 aliphatic rings. The van der Waals surface area contributed by atoms with E-state index in [0.29, 0.717) is 10.9 Å². The molecule has 1 aromatic rings. The molecule has 0 aliphatic heterocycles. The van der Waals surface area contributed by atoms with Crippen LogP contribution in [0, 0.1) is 11.3 Å². The van der Waals surface area contributed by atoms with E-state index in [0.717, 1.165) is 0 Å². The molecule has 0 N–H and O–H groups in total. The van der Waals surface area contributed by atoms with Crippen LogP contribution in [-0.4, -0.2) is 12.1 Å². The van der Waals surface area contributed by atoms with E-state index < -0.39 is 12.1 Å². The monoisotopic (exact) mass is 276 g/mol. The van der Waals surface area contributed by atoms with Crippen LogP contribution >= 0.6 is 15.9 Å². The quantitative estimate of drug-likeness (QED) is 0.798. The molecule has 1 heterocycles. The smallest absolute Gasteiger partial charge is 0.280 e. The lowest BCUT2D eigenvalue weighted by atomic mass is 10.2. The van der Waals surface area contributed by atoms with Gasteiger partial charge < -0.3 is 4.74 Å². The first-order valence-corrected chi connectivity index (χ1v) is 5.08. The minimum atomic E-state index is -2.69. The molecular weight excluding hydrogens is 270 g/mol. The molecule has 0 fully saturated rings. The molecule has 0 radical (unpaired) electrons. The van der Waals surface area contributed by atoms with Crippen molar-refractivity contribution >= 4 is 15.9 Å². The number of rotatable bonds is 3. The zero-order valence-corrected chi connectivity index (χ0v) is 9.38. The second-order valence-electron chi connectivity index (χ2n) is 2.63. The van der Waals surface area contributed by atoms with Crippen molar-refractivity contribution in [2.75, 3.05) is 7.11 Å². The average Bonchev–Trinajstić information content (AvgIpc) is 2.26. The van der Waals surface area contributed by atoms with E-state index in [9.17, 15) is 8.78 Å². The summed E-state index contributed by atoms with van der Waals surface area (Å²) in [6, 6.07) is 2.95. The van der Waals surface area contributed by atoms with Gasteiger partial charge in [0.05, 0.1) is 7.11 Å². The van der Waals surface area contributed by atoms with Crippen molar-refractivity contribution in [2.24, 2.45) is 0 Å². The zero-order valence-electron chi connectivity index (χ0n) is 7.80. The molecule has 0 saturated carbocycles. The highest BCUT2D eigenvalue weighted by molar-refractivity contribution is 9.08. The van der Waals surface area contributed by atoms with E-state index >= 15 is 0 Å². The first-order chi connectivity index (χ1) is 7.13. The lowest BCUT2D eigenvalue weighted by Gasteiger charge is -2.09. The van der Waals surface area contributed by atoms with Crippen molar-refractivity contribution < 1.29 is 13.5 Å². The minimum absolute atomic E-state index is 0.121. The molecule has 0 aromatic carbocycles. The van der Waals surface area contributed by atoms with E-state index in [-0.39, 0.29) is 11.4 Å². The maximum Gasteiger partial charge on any atom is 0.280 e. The van der Waals surface area contributed by atoms with Crippen molar-refractivity contribution in [1.29, 1.82) is 5.26 Å². The van der Waals surface area contributed by atoms with Crippen molar-refractivity contribution in [3.05, 3.63) is 23.0 Å². The Bertz CT molecular complexity index is 404. The number of hydrogen-bond acceptors (Lipinski definition) is 3. The maximum absolute atomic E-state index is 12.4. The van der Waals surface area contributed by atoms with Crippen LogP contribution in [0.3, 0.4) is 0 Å². The summed E-state index contributed by atoms with van der Waals surface area (Å²) in [6.45, 7) is 0. The fraction of sp³-hybridized carbons (Fsp3) is 0.333. The minimum Gasteiger partial charge on any atom is -0.493 e. The Balaban J connectivity index is 3.37. The van der Waals surface area contributed by atoms with E-state index in [4.69, 9.17) is 10.00 Å². The maximum atomic E-state index is 12.4. The predicted octanol–water partition coefficient (Wildman–Crippen LogP) is 2.79. The Morgan fingerprint density at radius 2 is 2.33 bits per heavy atom. The SMILES string of the molecule is COc1c(CBr)cc(C(F)F)nc1C#N. The highest BCUT2D eigenvalue weighted by atomic mass is 79.9. The molecule has 0 atom stereocenters. The van der Waals surface area contributed by atoms with Gasteiger partial charge in [0.15, 0.2) is 11.4 Å². The predicted molar refractivity (Wildman–Crippen MR) is 53.1 cm³/mol. The molecule has 0 saturated heterocycles. The van der Waals surface area contributed by atoms with Crippen molar-refractivity contribution in [3.63, 3.8) is 0 Å². The van der Waals surface area contributed by atoms with Crippen molar-refractivity contribution in [1.82, 2.24) is 4.98 Å². The molecule has 6 heteroatoms. The van der Waals surface area contributed by atoms with Crippen LogP contribution < -0.4 is 4.74 Å². The number of hydrogen-bond donors (Lipinski definition) is 0. The largest absolute Gasteiger partial charge is 0.493 e. The highest BCUT2D eigenvalue weighted by Crippen LogP contribution is 2.28. The van der Waals surface area contributed by atoms with Crippen LogP contribution in [0.4, 0.5) is 8.78 Å². The summed E-state index contributed by atoms with van der Waals surface area (Å²) in [5.74, 6) is 0.235. The number of alkyl halides is 3. The first kappa shape index (κ1) is 11.9. The van der Waals surface area contributed by atoms with Gasteiger partial charge in [0, 0.05) is 10.9 Å². The number of nitriles is 1. The summed E-state index contributed by atoms with van der Waals surface area (Å²) in [6.07, 6.45) is -2.69. The Hall–Kier alpha value is -1.22. The van der Waals surface area contributed by atoms with Crippen LogP contribution in [0.15, 0.2) is 6.07 Å². The van der Waals surface area contributed by atoms with E-state index in [2.05, 4.69) is 20.9 Å². The third-order valence-corrected chi connectivity index (χ3v) is 2.35. The van der Waals surface area contributed by atoms with Crippen LogP contribution in [0.25, 0.3) is 0 Å². The highest BCUT2D eigenvalue weighted by Gasteiger charge is 2.17. The van der Waals surface area contributed by atoms with Crippen LogP contribution in [0.5, 0.6) is 5.75 Å². The summed E-state index contributed by atoms with van der Waals surface area (Å²) in [5.41, 5.74) is -0.0501. The molecule has 0 unspecified atom stereocenters. The molecule has 1 rings (SSSR count). The van der Waals surface area contributed by atoms with Crippen LogP contribution in [-0.2, 0) is 5.33 Å². The van der Waals surface area contributed by atoms with Gasteiger partial charge in [-0.3, -0.25) is 0 Å². The molecule has 15 heavy (non-hydrogen) atoms. The van der Waals surface area contributed by atoms with Gasteiger partial charge in [0.1, 0.15) is 11.8 Å². The number of pyridine rings is 1. The third kappa shape index (κ3) is 2.42. The molecule has 1 aromatic heterocycles. The number of methoxy groups -OCH3 is 1. The van der Waals surface area contributed by atoms with Gasteiger partial charge in [-0.15, -0.1) is 0 Å². The number of nitrogens with zero attached hydrogens (tertiary/aromatic N) is 2. The van der Waals surface area contributed by atoms with Gasteiger partial charge >= 0.3 is 0 Å². The normalized spacial score (nSPS) is 10.1. The number of ether oxygens (including phenoxy) is 1. The molecule has 0 aliphatic carbocycles. The zero-order chi connectivity index (χ0) is 11.4. The Labute approximate surface area is 93.8 Å². The number of halogens is 3. The van der Waals surface area contributed by atoms with Crippen molar-refractivity contribution in [3.8, 4) is 11.8 Å². The van der Waals surface area contributed by atoms with Gasteiger partial charge in [-0.05, 0) is 6.07 Å². The second-order valence-corrected chi connectivity index (χ2v) is 3.19. The fourth-order valence-corrected chi connectivity index (χ4v) is 1.54.